The highest BCUT2D eigenvalue weighted by Crippen LogP contribution is 2.41. The van der Waals surface area contributed by atoms with E-state index >= 15 is 0 Å². The molecule has 2 heterocycles. The van der Waals surface area contributed by atoms with Crippen molar-refractivity contribution in [3.8, 4) is 16.8 Å². The molecule has 0 aliphatic heterocycles. The Morgan fingerprint density at radius 2 is 0.958 bits per heavy atom. The average Bonchev–Trinajstić information content (AvgIpc) is 3.67. The van der Waals surface area contributed by atoms with Crippen molar-refractivity contribution in [2.24, 2.45) is 0 Å². The molecular formula is C46H32N2. The average molecular weight is 613 g/mol. The van der Waals surface area contributed by atoms with Crippen molar-refractivity contribution in [1.29, 1.82) is 0 Å². The van der Waals surface area contributed by atoms with Gasteiger partial charge in [-0.25, -0.2) is 0 Å². The van der Waals surface area contributed by atoms with Crippen LogP contribution in [0.15, 0.2) is 170 Å². The lowest BCUT2D eigenvalue weighted by Crippen LogP contribution is -2.03. The third kappa shape index (κ3) is 4.06. The molecule has 48 heavy (non-hydrogen) atoms. The number of aromatic nitrogens is 2. The Kier molecular flexibility index (Phi) is 6.04. The lowest BCUT2D eigenvalue weighted by molar-refractivity contribution is 0.983. The van der Waals surface area contributed by atoms with Gasteiger partial charge in [0.15, 0.2) is 0 Å². The number of hydrogen-bond donors (Lipinski definition) is 0. The summed E-state index contributed by atoms with van der Waals surface area (Å²) in [6, 6.07) is 57.8. The fraction of sp³-hybridized carbons (Fsp3) is 0.0435. The van der Waals surface area contributed by atoms with Crippen LogP contribution in [0.25, 0.3) is 82.5 Å². The van der Waals surface area contributed by atoms with Crippen LogP contribution >= 0.6 is 0 Å². The third-order valence-electron chi connectivity index (χ3n) is 10.2. The predicted molar refractivity (Wildman–Crippen MR) is 205 cm³/mol. The lowest BCUT2D eigenvalue weighted by Gasteiger charge is -2.20. The zero-order chi connectivity index (χ0) is 31.6. The van der Waals surface area contributed by atoms with Gasteiger partial charge in [-0.2, -0.15) is 0 Å². The summed E-state index contributed by atoms with van der Waals surface area (Å²) in [4.78, 5) is 0. The second-order valence-corrected chi connectivity index (χ2v) is 12.8. The van der Waals surface area contributed by atoms with Gasteiger partial charge in [0.2, 0.25) is 0 Å². The SMILES string of the molecule is C1=CC(c2ccccc2)=C(n2c3ccccc3c3cc(-c4ccc5c(c4)c4ccccc4n5-c4cccc5ccccc45)ccc32)CC1. The molecule has 0 amide bonds. The highest BCUT2D eigenvalue weighted by Gasteiger charge is 2.20. The number of benzene rings is 7. The minimum atomic E-state index is 1.01. The number of allylic oxidation sites excluding steroid dienone is 4. The molecule has 2 nitrogen and oxygen atoms in total. The molecule has 1 aliphatic rings. The first-order chi connectivity index (χ1) is 23.8. The van der Waals surface area contributed by atoms with Gasteiger partial charge in [0.25, 0.3) is 0 Å². The van der Waals surface area contributed by atoms with Crippen molar-refractivity contribution >= 4 is 65.7 Å². The Morgan fingerprint density at radius 3 is 1.69 bits per heavy atom. The first-order valence-corrected chi connectivity index (χ1v) is 16.8. The summed E-state index contributed by atoms with van der Waals surface area (Å²) in [6.45, 7) is 0. The maximum Gasteiger partial charge on any atom is 0.0541 e. The smallest absolute Gasteiger partial charge is 0.0541 e. The van der Waals surface area contributed by atoms with Crippen LogP contribution in [0.3, 0.4) is 0 Å². The largest absolute Gasteiger partial charge is 0.312 e. The van der Waals surface area contributed by atoms with E-state index in [1.54, 1.807) is 0 Å². The highest BCUT2D eigenvalue weighted by molar-refractivity contribution is 6.14. The minimum Gasteiger partial charge on any atom is -0.312 e. The van der Waals surface area contributed by atoms with Crippen LogP contribution in [0.2, 0.25) is 0 Å². The molecule has 0 saturated heterocycles. The van der Waals surface area contributed by atoms with Gasteiger partial charge in [-0.05, 0) is 77.4 Å². The fourth-order valence-electron chi connectivity index (χ4n) is 8.02. The van der Waals surface area contributed by atoms with E-state index < -0.39 is 0 Å². The summed E-state index contributed by atoms with van der Waals surface area (Å²) in [5, 5.41) is 7.62. The van der Waals surface area contributed by atoms with E-state index in [9.17, 15) is 0 Å². The molecule has 0 fully saturated rings. The summed E-state index contributed by atoms with van der Waals surface area (Å²) < 4.78 is 4.95. The van der Waals surface area contributed by atoms with Crippen LogP contribution < -0.4 is 0 Å². The van der Waals surface area contributed by atoms with Crippen molar-refractivity contribution in [1.82, 2.24) is 9.13 Å². The molecule has 0 atom stereocenters. The molecule has 2 heteroatoms. The number of hydrogen-bond acceptors (Lipinski definition) is 0. The first-order valence-electron chi connectivity index (χ1n) is 16.8. The van der Waals surface area contributed by atoms with Gasteiger partial charge in [-0.15, -0.1) is 0 Å². The number of nitrogens with zero attached hydrogens (tertiary/aromatic N) is 2. The fourth-order valence-corrected chi connectivity index (χ4v) is 8.02. The second kappa shape index (κ2) is 10.7. The molecule has 0 spiro atoms. The molecule has 0 unspecified atom stereocenters. The number of para-hydroxylation sites is 2. The van der Waals surface area contributed by atoms with E-state index in [1.807, 2.05) is 0 Å². The first kappa shape index (κ1) is 27.0. The molecule has 0 N–H and O–H groups in total. The number of rotatable bonds is 4. The number of fused-ring (bicyclic) bond motifs is 7. The van der Waals surface area contributed by atoms with Gasteiger partial charge in [0, 0.05) is 38.2 Å². The molecular weight excluding hydrogens is 581 g/mol. The van der Waals surface area contributed by atoms with Crippen LogP contribution in [0.4, 0.5) is 0 Å². The molecule has 9 aromatic rings. The summed E-state index contributed by atoms with van der Waals surface area (Å²) in [5.41, 5.74) is 12.6. The molecule has 1 aliphatic carbocycles. The molecule has 0 bridgehead atoms. The molecule has 7 aromatic carbocycles. The van der Waals surface area contributed by atoms with E-state index in [0.717, 1.165) is 12.8 Å². The molecule has 10 rings (SSSR count). The van der Waals surface area contributed by atoms with Crippen molar-refractivity contribution in [2.45, 2.75) is 12.8 Å². The van der Waals surface area contributed by atoms with E-state index in [2.05, 4.69) is 179 Å². The van der Waals surface area contributed by atoms with Gasteiger partial charge in [0.1, 0.15) is 0 Å². The van der Waals surface area contributed by atoms with Crippen LogP contribution in [0.5, 0.6) is 0 Å². The van der Waals surface area contributed by atoms with E-state index in [4.69, 9.17) is 0 Å². The normalized spacial score (nSPS) is 13.5. The summed E-state index contributed by atoms with van der Waals surface area (Å²) in [7, 11) is 0. The molecule has 0 saturated carbocycles. The third-order valence-corrected chi connectivity index (χ3v) is 10.2. The minimum absolute atomic E-state index is 1.01. The Bertz CT molecular complexity index is 2760. The van der Waals surface area contributed by atoms with Crippen LogP contribution in [-0.2, 0) is 0 Å². The molecule has 2 aromatic heterocycles. The van der Waals surface area contributed by atoms with Gasteiger partial charge in [0.05, 0.1) is 27.8 Å². The summed E-state index contributed by atoms with van der Waals surface area (Å²) >= 11 is 0. The Balaban J connectivity index is 1.18. The van der Waals surface area contributed by atoms with Crippen molar-refractivity contribution < 1.29 is 0 Å². The van der Waals surface area contributed by atoms with Crippen molar-refractivity contribution in [2.75, 3.05) is 0 Å². The molecule has 226 valence electrons. The van der Waals surface area contributed by atoms with Crippen LogP contribution in [0, 0.1) is 0 Å². The Hall–Kier alpha value is -6.12. The zero-order valence-corrected chi connectivity index (χ0v) is 26.5. The topological polar surface area (TPSA) is 9.86 Å². The van der Waals surface area contributed by atoms with Crippen LogP contribution in [-0.4, -0.2) is 9.13 Å². The maximum absolute atomic E-state index is 2.52. The standard InChI is InChI=1S/C46H32N2/c1-2-13-31(14-3-1)35-18-6-9-21-41(35)47-43-22-10-7-19-37(43)39-29-33(25-27-45(39)47)34-26-28-46-40(30-34)38-20-8-11-23-44(38)48(46)42-24-12-16-32-15-4-5-17-36(32)42/h1-8,10-20,22-30H,9,21H2. The Labute approximate surface area is 279 Å². The van der Waals surface area contributed by atoms with E-state index in [1.165, 1.54) is 88.0 Å². The summed E-state index contributed by atoms with van der Waals surface area (Å²) in [5.74, 6) is 0. The van der Waals surface area contributed by atoms with Gasteiger partial charge in [-0.1, -0.05) is 127 Å². The van der Waals surface area contributed by atoms with Crippen molar-refractivity contribution in [3.63, 3.8) is 0 Å². The van der Waals surface area contributed by atoms with E-state index in [0.29, 0.717) is 0 Å². The quantitative estimate of drug-likeness (QED) is 0.187. The second-order valence-electron chi connectivity index (χ2n) is 12.8. The Morgan fingerprint density at radius 1 is 0.396 bits per heavy atom. The molecule has 0 radical (unpaired) electrons. The van der Waals surface area contributed by atoms with E-state index in [-0.39, 0.29) is 0 Å². The summed E-state index contributed by atoms with van der Waals surface area (Å²) in [6.07, 6.45) is 6.68. The predicted octanol–water partition coefficient (Wildman–Crippen LogP) is 12.4. The van der Waals surface area contributed by atoms with Gasteiger partial charge >= 0.3 is 0 Å². The maximum atomic E-state index is 2.52. The zero-order valence-electron chi connectivity index (χ0n) is 26.5. The highest BCUT2D eigenvalue weighted by atomic mass is 15.0. The van der Waals surface area contributed by atoms with Crippen molar-refractivity contribution in [3.05, 3.63) is 175 Å². The monoisotopic (exact) mass is 612 g/mol. The van der Waals surface area contributed by atoms with Crippen LogP contribution in [0.1, 0.15) is 18.4 Å². The van der Waals surface area contributed by atoms with Gasteiger partial charge < -0.3 is 9.13 Å². The van der Waals surface area contributed by atoms with Gasteiger partial charge in [-0.3, -0.25) is 0 Å². The lowest BCUT2D eigenvalue weighted by atomic mass is 9.96.